The molecule has 1 N–H and O–H groups in total. The Morgan fingerprint density at radius 2 is 1.95 bits per heavy atom. The first kappa shape index (κ1) is 30.6. The summed E-state index contributed by atoms with van der Waals surface area (Å²) in [4.78, 5) is 29.6. The summed E-state index contributed by atoms with van der Waals surface area (Å²) < 4.78 is 15.3. The first-order valence-electron chi connectivity index (χ1n) is 14.8. The largest absolute Gasteiger partial charge is 0.493 e. The molecule has 0 spiro atoms. The first-order valence-corrected chi connectivity index (χ1v) is 15.1. The van der Waals surface area contributed by atoms with Gasteiger partial charge in [0.15, 0.2) is 0 Å². The number of para-hydroxylation sites is 1. The van der Waals surface area contributed by atoms with Crippen LogP contribution in [0.15, 0.2) is 57.7 Å². The number of nitrogens with zero attached hydrogens (tertiary/aromatic N) is 5. The van der Waals surface area contributed by atoms with E-state index in [0.29, 0.717) is 53.3 Å². The maximum absolute atomic E-state index is 13.8. The number of likely N-dealkylation sites (N-methyl/N-ethyl adjacent to an activating group) is 1. The molecule has 1 fully saturated rings. The van der Waals surface area contributed by atoms with Crippen molar-refractivity contribution in [3.05, 3.63) is 75.5 Å². The van der Waals surface area contributed by atoms with E-state index in [4.69, 9.17) is 20.8 Å². The third-order valence-electron chi connectivity index (χ3n) is 7.97. The minimum absolute atomic E-state index is 0.00282. The third-order valence-corrected chi connectivity index (χ3v) is 8.21. The Kier molecular flexibility index (Phi) is 9.37. The Morgan fingerprint density at radius 1 is 1.19 bits per heavy atom. The van der Waals surface area contributed by atoms with Gasteiger partial charge >= 0.3 is 0 Å². The second-order valence-corrected chi connectivity index (χ2v) is 11.9. The molecule has 0 aliphatic heterocycles. The number of carbonyl (C=O) groups is 1. The van der Waals surface area contributed by atoms with Crippen LogP contribution in [0.5, 0.6) is 5.75 Å². The highest BCUT2D eigenvalue weighted by Crippen LogP contribution is 2.39. The number of rotatable bonds is 10. The van der Waals surface area contributed by atoms with Gasteiger partial charge in [0.05, 0.1) is 23.6 Å². The number of amides is 1. The molecule has 1 aliphatic rings. The molecule has 0 bridgehead atoms. The predicted molar refractivity (Wildman–Crippen MR) is 167 cm³/mol. The minimum Gasteiger partial charge on any atom is -0.493 e. The zero-order chi connectivity index (χ0) is 30.7. The highest BCUT2D eigenvalue weighted by Gasteiger charge is 2.33. The van der Waals surface area contributed by atoms with Crippen LogP contribution in [-0.2, 0) is 11.8 Å². The van der Waals surface area contributed by atoms with E-state index in [1.807, 2.05) is 63.1 Å². The number of ether oxygens (including phenoxy) is 1. The zero-order valence-electron chi connectivity index (χ0n) is 25.3. The number of hydrogen-bond acceptors (Lipinski definition) is 7. The Bertz CT molecular complexity index is 1630. The summed E-state index contributed by atoms with van der Waals surface area (Å²) in [5.41, 5.74) is 2.25. The summed E-state index contributed by atoms with van der Waals surface area (Å²) in [6, 6.07) is 14.8. The molecule has 0 radical (unpaired) electrons. The van der Waals surface area contributed by atoms with E-state index in [0.717, 1.165) is 30.8 Å². The minimum atomic E-state index is -0.305. The fourth-order valence-electron chi connectivity index (χ4n) is 6.13. The van der Waals surface area contributed by atoms with Crippen LogP contribution in [0.3, 0.4) is 0 Å². The van der Waals surface area contributed by atoms with E-state index < -0.39 is 0 Å². The summed E-state index contributed by atoms with van der Waals surface area (Å²) in [5.74, 6) is 0.881. The van der Waals surface area contributed by atoms with Gasteiger partial charge in [0.25, 0.3) is 11.4 Å². The van der Waals surface area contributed by atoms with E-state index in [-0.39, 0.29) is 29.2 Å². The van der Waals surface area contributed by atoms with Crippen LogP contribution in [0, 0.1) is 5.92 Å². The Balaban J connectivity index is 1.39. The second kappa shape index (κ2) is 13.2. The Labute approximate surface area is 256 Å². The average Bonchev–Trinajstić information content (AvgIpc) is 3.57. The molecule has 1 aliphatic carbocycles. The fraction of sp³-hybridized carbons (Fsp3) is 0.438. The lowest BCUT2D eigenvalue weighted by atomic mass is 9.81. The molecule has 228 valence electrons. The van der Waals surface area contributed by atoms with Gasteiger partial charge in [-0.3, -0.25) is 14.3 Å². The molecule has 4 aromatic rings. The standard InChI is InChI=1S/C32H39ClN6O4/c1-6-42-26-16-15-23(33)18-25(26)31-36-35-30(43-31)22-12-10-11-21(17-22)29(40)34-27-28(20(2)19-37(3)4)38(5)39(32(27)41)24-13-8-7-9-14-24/h7-9,13-16,18,20-22H,6,10-12,17,19H2,1-5H3,(H,34,40)/t20?,21-,22?/m1/s1. The number of benzene rings is 2. The fourth-order valence-corrected chi connectivity index (χ4v) is 6.31. The molecular formula is C32H39ClN6O4. The average molecular weight is 607 g/mol. The van der Waals surface area contributed by atoms with Crippen molar-refractivity contribution in [2.75, 3.05) is 32.6 Å². The van der Waals surface area contributed by atoms with Gasteiger partial charge in [-0.15, -0.1) is 10.2 Å². The molecule has 2 aromatic heterocycles. The van der Waals surface area contributed by atoms with Crippen molar-refractivity contribution in [1.29, 1.82) is 0 Å². The molecule has 2 aromatic carbocycles. The summed E-state index contributed by atoms with van der Waals surface area (Å²) in [5, 5.41) is 12.2. The van der Waals surface area contributed by atoms with Crippen LogP contribution in [0.4, 0.5) is 5.69 Å². The van der Waals surface area contributed by atoms with Crippen molar-refractivity contribution in [2.45, 2.75) is 51.4 Å². The maximum atomic E-state index is 13.8. The molecule has 5 rings (SSSR count). The summed E-state index contributed by atoms with van der Waals surface area (Å²) in [7, 11) is 5.86. The van der Waals surface area contributed by atoms with Crippen LogP contribution < -0.4 is 15.6 Å². The van der Waals surface area contributed by atoms with Crippen molar-refractivity contribution < 1.29 is 13.9 Å². The van der Waals surface area contributed by atoms with Crippen molar-refractivity contribution in [2.24, 2.45) is 13.0 Å². The topological polar surface area (TPSA) is 107 Å². The number of halogens is 1. The van der Waals surface area contributed by atoms with E-state index >= 15 is 0 Å². The van der Waals surface area contributed by atoms with E-state index in [2.05, 4.69) is 27.3 Å². The van der Waals surface area contributed by atoms with Crippen molar-refractivity contribution in [1.82, 2.24) is 24.5 Å². The van der Waals surface area contributed by atoms with Gasteiger partial charge in [-0.05, 0) is 70.6 Å². The number of carbonyl (C=O) groups excluding carboxylic acids is 1. The van der Waals surface area contributed by atoms with Crippen molar-refractivity contribution >= 4 is 23.2 Å². The van der Waals surface area contributed by atoms with Gasteiger partial charge < -0.3 is 19.4 Å². The molecule has 10 nitrogen and oxygen atoms in total. The molecule has 1 amide bonds. The smallest absolute Gasteiger partial charge is 0.295 e. The molecule has 2 unspecified atom stereocenters. The van der Waals surface area contributed by atoms with Crippen LogP contribution in [0.1, 0.15) is 63.0 Å². The number of anilines is 1. The molecule has 2 heterocycles. The number of aromatic nitrogens is 4. The van der Waals surface area contributed by atoms with Crippen molar-refractivity contribution in [3.8, 4) is 22.9 Å². The van der Waals surface area contributed by atoms with Crippen LogP contribution in [-0.4, -0.2) is 57.6 Å². The summed E-state index contributed by atoms with van der Waals surface area (Å²) in [6.45, 7) is 5.18. The lowest BCUT2D eigenvalue weighted by Crippen LogP contribution is -2.30. The summed E-state index contributed by atoms with van der Waals surface area (Å²) in [6.07, 6.45) is 2.92. The van der Waals surface area contributed by atoms with Crippen LogP contribution in [0.25, 0.3) is 17.1 Å². The second-order valence-electron chi connectivity index (χ2n) is 11.5. The van der Waals surface area contributed by atoms with Gasteiger partial charge in [-0.25, -0.2) is 4.68 Å². The predicted octanol–water partition coefficient (Wildman–Crippen LogP) is 5.86. The molecule has 1 saturated carbocycles. The molecule has 11 heteroatoms. The Hall–Kier alpha value is -3.89. The Morgan fingerprint density at radius 3 is 2.67 bits per heavy atom. The van der Waals surface area contributed by atoms with Gasteiger partial charge in [0.2, 0.25) is 11.8 Å². The van der Waals surface area contributed by atoms with Crippen LogP contribution >= 0.6 is 11.6 Å². The molecule has 3 atom stereocenters. The van der Waals surface area contributed by atoms with E-state index in [1.54, 1.807) is 22.9 Å². The van der Waals surface area contributed by atoms with Crippen molar-refractivity contribution in [3.63, 3.8) is 0 Å². The van der Waals surface area contributed by atoms with Gasteiger partial charge in [0.1, 0.15) is 11.4 Å². The SMILES string of the molecule is CCOc1ccc(Cl)cc1-c1nnc(C2CCC[C@@H](C(=O)Nc3c(C(C)CN(C)C)n(C)n(-c4ccccc4)c3=O)C2)o1. The highest BCUT2D eigenvalue weighted by molar-refractivity contribution is 6.30. The molecule has 43 heavy (non-hydrogen) atoms. The van der Waals surface area contributed by atoms with Gasteiger partial charge in [-0.2, -0.15) is 0 Å². The van der Waals surface area contributed by atoms with Gasteiger partial charge in [-0.1, -0.05) is 43.1 Å². The van der Waals surface area contributed by atoms with E-state index in [1.165, 1.54) is 0 Å². The van der Waals surface area contributed by atoms with Gasteiger partial charge in [0, 0.05) is 36.4 Å². The zero-order valence-corrected chi connectivity index (χ0v) is 26.1. The maximum Gasteiger partial charge on any atom is 0.295 e. The number of nitrogens with one attached hydrogen (secondary N) is 1. The molecule has 0 saturated heterocycles. The van der Waals surface area contributed by atoms with Crippen LogP contribution in [0.2, 0.25) is 5.02 Å². The lowest BCUT2D eigenvalue weighted by Gasteiger charge is -2.26. The quantitative estimate of drug-likeness (QED) is 0.241. The monoisotopic (exact) mass is 606 g/mol. The van der Waals surface area contributed by atoms with E-state index in [9.17, 15) is 9.59 Å². The lowest BCUT2D eigenvalue weighted by molar-refractivity contribution is -0.121. The summed E-state index contributed by atoms with van der Waals surface area (Å²) >= 11 is 6.24. The molecular weight excluding hydrogens is 568 g/mol. The number of hydrogen-bond donors (Lipinski definition) is 1. The third kappa shape index (κ3) is 6.55. The first-order chi connectivity index (χ1) is 20.7. The normalized spacial score (nSPS) is 17.7. The highest BCUT2D eigenvalue weighted by atomic mass is 35.5.